The zero-order valence-corrected chi connectivity index (χ0v) is 24.2. The highest BCUT2D eigenvalue weighted by atomic mass is 35.5. The number of aliphatic hydroxyl groups excluding tert-OH is 1. The predicted octanol–water partition coefficient (Wildman–Crippen LogP) is 2.86. The molecule has 15 heteroatoms. The van der Waals surface area contributed by atoms with E-state index in [9.17, 15) is 24.6 Å². The van der Waals surface area contributed by atoms with Crippen molar-refractivity contribution in [1.29, 1.82) is 0 Å². The van der Waals surface area contributed by atoms with E-state index in [-0.39, 0.29) is 43.9 Å². The second-order valence-corrected chi connectivity index (χ2v) is 12.0. The molecular weight excluding hydrogens is 568 g/mol. The lowest BCUT2D eigenvalue weighted by Gasteiger charge is -2.30. The number of nitrogens with zero attached hydrogens (tertiary/aromatic N) is 5. The van der Waals surface area contributed by atoms with Crippen LogP contribution in [0.3, 0.4) is 0 Å². The van der Waals surface area contributed by atoms with Crippen LogP contribution in [-0.4, -0.2) is 78.1 Å². The Morgan fingerprint density at radius 1 is 1.19 bits per heavy atom. The van der Waals surface area contributed by atoms with Gasteiger partial charge >= 0.3 is 12.2 Å². The van der Waals surface area contributed by atoms with E-state index in [4.69, 9.17) is 16.3 Å². The van der Waals surface area contributed by atoms with E-state index >= 15 is 0 Å². The van der Waals surface area contributed by atoms with Crippen molar-refractivity contribution in [2.24, 2.45) is 0 Å². The van der Waals surface area contributed by atoms with E-state index in [1.807, 2.05) is 4.90 Å². The summed E-state index contributed by atoms with van der Waals surface area (Å²) in [5.41, 5.74) is 0.599. The molecule has 3 amide bonds. The van der Waals surface area contributed by atoms with Gasteiger partial charge in [-0.3, -0.25) is 10.1 Å². The number of fused-ring (bicyclic) bond motifs is 1. The van der Waals surface area contributed by atoms with Gasteiger partial charge in [-0.25, -0.2) is 24.5 Å². The average Bonchev–Trinajstić information content (AvgIpc) is 3.46. The number of nitrogens with one attached hydrogen (secondary N) is 3. The number of aromatic nitrogens is 4. The molecule has 14 nitrogen and oxygen atoms in total. The zero-order valence-electron chi connectivity index (χ0n) is 23.5. The number of carbonyl (C=O) groups is 3. The third kappa shape index (κ3) is 6.34. The van der Waals surface area contributed by atoms with Crippen LogP contribution >= 0.6 is 11.6 Å². The Balaban J connectivity index is 1.47. The highest BCUT2D eigenvalue weighted by molar-refractivity contribution is 6.31. The molecule has 0 unspecified atom stereocenters. The number of amides is 3. The van der Waals surface area contributed by atoms with E-state index in [0.717, 1.165) is 12.8 Å². The van der Waals surface area contributed by atoms with E-state index in [2.05, 4.69) is 30.9 Å². The van der Waals surface area contributed by atoms with E-state index in [1.54, 1.807) is 43.8 Å². The number of hydrogen-bond donors (Lipinski definition) is 5. The van der Waals surface area contributed by atoms with Crippen LogP contribution in [0.15, 0.2) is 24.8 Å². The molecule has 5 N–H and O–H groups in total. The maximum absolute atomic E-state index is 13.2. The smallest absolute Gasteiger partial charge is 0.413 e. The first-order valence-electron chi connectivity index (χ1n) is 13.5. The maximum atomic E-state index is 13.2. The van der Waals surface area contributed by atoms with E-state index in [0.29, 0.717) is 39.5 Å². The van der Waals surface area contributed by atoms with Crippen LogP contribution in [0.1, 0.15) is 51.2 Å². The van der Waals surface area contributed by atoms with E-state index < -0.39 is 23.3 Å². The molecule has 2 fully saturated rings. The van der Waals surface area contributed by atoms with Gasteiger partial charge < -0.3 is 35.1 Å². The number of aliphatic hydroxyl groups is 1. The Morgan fingerprint density at radius 2 is 1.95 bits per heavy atom. The molecule has 1 saturated carbocycles. The first-order valence-corrected chi connectivity index (χ1v) is 13.9. The van der Waals surface area contributed by atoms with Gasteiger partial charge in [0.25, 0.3) is 0 Å². The average molecular weight is 601 g/mol. The first-order chi connectivity index (χ1) is 19.9. The van der Waals surface area contributed by atoms with Gasteiger partial charge in [0.2, 0.25) is 5.91 Å². The van der Waals surface area contributed by atoms with Crippen LogP contribution in [0.2, 0.25) is 5.02 Å². The molecule has 1 aliphatic carbocycles. The van der Waals surface area contributed by atoms with Gasteiger partial charge in [0.15, 0.2) is 17.0 Å². The second-order valence-electron chi connectivity index (χ2n) is 11.5. The fraction of sp³-hybridized carbons (Fsp3) is 0.481. The Bertz CT molecular complexity index is 1530. The van der Waals surface area contributed by atoms with Crippen LogP contribution in [0.25, 0.3) is 11.2 Å². The van der Waals surface area contributed by atoms with Crippen LogP contribution in [0, 0.1) is 0 Å². The van der Waals surface area contributed by atoms with Crippen LogP contribution < -0.4 is 20.9 Å². The lowest BCUT2D eigenvalue weighted by molar-refractivity contribution is -0.126. The molecule has 0 spiro atoms. The monoisotopic (exact) mass is 600 g/mol. The molecule has 3 aromatic rings. The fourth-order valence-electron chi connectivity index (χ4n) is 5.06. The number of carboxylic acid groups (broad SMARTS) is 1. The number of rotatable bonds is 8. The molecule has 1 saturated heterocycles. The number of benzene rings is 1. The quantitative estimate of drug-likeness (QED) is 0.257. The van der Waals surface area contributed by atoms with Crippen molar-refractivity contribution >= 4 is 52.4 Å². The number of hydrogen-bond acceptors (Lipinski definition) is 9. The summed E-state index contributed by atoms with van der Waals surface area (Å²) in [6.45, 7) is 5.58. The molecule has 3 heterocycles. The predicted molar refractivity (Wildman–Crippen MR) is 154 cm³/mol. The third-order valence-corrected chi connectivity index (χ3v) is 7.32. The lowest BCUT2D eigenvalue weighted by Crippen LogP contribution is -2.60. The molecule has 1 aliphatic heterocycles. The summed E-state index contributed by atoms with van der Waals surface area (Å²) in [7, 11) is 0. The van der Waals surface area contributed by atoms with Gasteiger partial charge in [-0.1, -0.05) is 11.6 Å². The van der Waals surface area contributed by atoms with Crippen molar-refractivity contribution in [3.63, 3.8) is 0 Å². The maximum Gasteiger partial charge on any atom is 0.413 e. The number of imidazole rings is 1. The first kappa shape index (κ1) is 29.3. The summed E-state index contributed by atoms with van der Waals surface area (Å²) < 4.78 is 7.07. The number of ether oxygens (including phenoxy) is 1. The van der Waals surface area contributed by atoms with Gasteiger partial charge in [-0.2, -0.15) is 0 Å². The fourth-order valence-corrected chi connectivity index (χ4v) is 5.29. The normalized spacial score (nSPS) is 18.6. The van der Waals surface area contributed by atoms with Crippen molar-refractivity contribution in [1.82, 2.24) is 30.2 Å². The number of anilines is 2. The largest absolute Gasteiger partial charge is 0.465 e. The van der Waals surface area contributed by atoms with Gasteiger partial charge in [-0.05, 0) is 57.7 Å². The second kappa shape index (κ2) is 11.2. The van der Waals surface area contributed by atoms with Gasteiger partial charge in [0.1, 0.15) is 17.5 Å². The highest BCUT2D eigenvalue weighted by Crippen LogP contribution is 2.36. The standard InChI is InChI=1S/C27H33ClN8O6/c1-26(2,3)42-25(41)33-21-20-22(30-13-29-21)36(14-31-20)10-18-15(11-37)8-16(28)9-19(18)35-7-6-27(12-35,34-24(39)40)23(38)32-17-4-5-17/h8-9,13-14,17,34,37H,4-7,10-12H2,1-3H3,(H,32,38)(H,39,40)(H,29,30,33,41)/t27-/m1/s1. The van der Waals surface area contributed by atoms with Crippen LogP contribution in [-0.2, 0) is 22.7 Å². The van der Waals surface area contributed by atoms with E-state index in [1.165, 1.54) is 6.33 Å². The molecule has 2 aromatic heterocycles. The van der Waals surface area contributed by atoms with Crippen molar-refractivity contribution in [2.75, 3.05) is 23.3 Å². The third-order valence-electron chi connectivity index (χ3n) is 7.11. The highest BCUT2D eigenvalue weighted by Gasteiger charge is 2.48. The molecule has 1 aromatic carbocycles. The Hall–Kier alpha value is -4.17. The molecule has 42 heavy (non-hydrogen) atoms. The zero-order chi connectivity index (χ0) is 30.2. The minimum atomic E-state index is -1.34. The van der Waals surface area contributed by atoms with Crippen molar-refractivity contribution in [3.8, 4) is 0 Å². The molecule has 5 rings (SSSR count). The summed E-state index contributed by atoms with van der Waals surface area (Å²) in [5.74, 6) is -0.180. The number of halogens is 1. The lowest BCUT2D eigenvalue weighted by atomic mass is 9.97. The van der Waals surface area contributed by atoms with Gasteiger partial charge in [0, 0.05) is 28.9 Å². The van der Waals surface area contributed by atoms with Gasteiger partial charge in [-0.15, -0.1) is 0 Å². The number of carbonyl (C=O) groups excluding carboxylic acids is 2. The van der Waals surface area contributed by atoms with Gasteiger partial charge in [0.05, 0.1) is 26.0 Å². The topological polar surface area (TPSA) is 184 Å². The molecule has 2 aliphatic rings. The van der Waals surface area contributed by atoms with Crippen molar-refractivity contribution in [2.45, 2.75) is 70.4 Å². The molecule has 1 atom stereocenters. The SMILES string of the molecule is CC(C)(C)OC(=O)Nc1ncnc2c1ncn2Cc1c(CO)cc(Cl)cc1N1CC[C@](NC(=O)O)(C(=O)NC2CC2)C1. The molecule has 0 bridgehead atoms. The van der Waals surface area contributed by atoms with Crippen LogP contribution in [0.5, 0.6) is 0 Å². The minimum absolute atomic E-state index is 0.0629. The Labute approximate surface area is 246 Å². The Morgan fingerprint density at radius 3 is 2.62 bits per heavy atom. The molecule has 224 valence electrons. The Kier molecular flexibility index (Phi) is 7.86. The summed E-state index contributed by atoms with van der Waals surface area (Å²) >= 11 is 6.45. The van der Waals surface area contributed by atoms with Crippen molar-refractivity contribution < 1.29 is 29.3 Å². The summed E-state index contributed by atoms with van der Waals surface area (Å²) in [5, 5.41) is 28.2. The summed E-state index contributed by atoms with van der Waals surface area (Å²) in [6, 6.07) is 3.45. The molecule has 0 radical (unpaired) electrons. The summed E-state index contributed by atoms with van der Waals surface area (Å²) in [6.07, 6.45) is 2.86. The molecular formula is C27H33ClN8O6. The summed E-state index contributed by atoms with van der Waals surface area (Å²) in [4.78, 5) is 52.1. The van der Waals surface area contributed by atoms with Crippen molar-refractivity contribution in [3.05, 3.63) is 40.9 Å². The van der Waals surface area contributed by atoms with Crippen LogP contribution in [0.4, 0.5) is 21.1 Å². The minimum Gasteiger partial charge on any atom is -0.465 e.